The molecule has 22 heavy (non-hydrogen) atoms. The number of allylic oxidation sites excluding steroid dienone is 8. The van der Waals surface area contributed by atoms with Crippen molar-refractivity contribution in [2.45, 2.75) is 52.9 Å². The minimum absolute atomic E-state index is 0.218. The fourth-order valence-corrected chi connectivity index (χ4v) is 3.32. The largest absolute Gasteiger partial charge is 0.303 e. The van der Waals surface area contributed by atoms with Gasteiger partial charge in [-0.05, 0) is 68.2 Å². The zero-order valence-electron chi connectivity index (χ0n) is 13.9. The van der Waals surface area contributed by atoms with Crippen molar-refractivity contribution in [2.24, 2.45) is 11.8 Å². The molecule has 2 heteroatoms. The highest BCUT2D eigenvalue weighted by atomic mass is 16.1. The van der Waals surface area contributed by atoms with Gasteiger partial charge in [-0.2, -0.15) is 0 Å². The molecule has 0 aromatic rings. The van der Waals surface area contributed by atoms with Gasteiger partial charge in [0.1, 0.15) is 12.6 Å². The van der Waals surface area contributed by atoms with E-state index in [2.05, 4.69) is 32.1 Å². The van der Waals surface area contributed by atoms with Crippen LogP contribution in [0.25, 0.3) is 0 Å². The summed E-state index contributed by atoms with van der Waals surface area (Å²) in [7, 11) is 0. The van der Waals surface area contributed by atoms with Crippen LogP contribution in [0.4, 0.5) is 0 Å². The molecule has 3 aliphatic rings. The minimum atomic E-state index is 0.218. The number of hydrogen-bond acceptors (Lipinski definition) is 2. The van der Waals surface area contributed by atoms with Crippen LogP contribution in [0, 0.1) is 11.8 Å². The maximum Gasteiger partial charge on any atom is 0.127 e. The summed E-state index contributed by atoms with van der Waals surface area (Å²) in [5.74, 6) is 0.438. The molecule has 0 aromatic heterocycles. The zero-order valence-corrected chi connectivity index (χ0v) is 13.9. The lowest BCUT2D eigenvalue weighted by Gasteiger charge is -2.05. The third kappa shape index (κ3) is 3.73. The molecule has 0 saturated heterocycles. The highest BCUT2D eigenvalue weighted by Gasteiger charge is 2.35. The normalized spacial score (nSPS) is 22.2. The molecule has 0 amide bonds. The molecule has 2 atom stereocenters. The van der Waals surface area contributed by atoms with E-state index in [1.165, 1.54) is 27.9 Å². The van der Waals surface area contributed by atoms with Crippen molar-refractivity contribution in [3.05, 3.63) is 46.1 Å². The molecule has 0 heterocycles. The van der Waals surface area contributed by atoms with E-state index in [-0.39, 0.29) is 11.8 Å². The van der Waals surface area contributed by atoms with Crippen LogP contribution in [0.5, 0.6) is 0 Å². The summed E-state index contributed by atoms with van der Waals surface area (Å²) in [5.41, 5.74) is 7.09. The Balaban J connectivity index is 0.000000165. The first-order valence-electron chi connectivity index (χ1n) is 8.24. The topological polar surface area (TPSA) is 34.1 Å². The lowest BCUT2D eigenvalue weighted by atomic mass is 9.99. The SMILES string of the molecule is CC(C)=CCCC(C)C=O.O=CC1CCC2=C3C=CC(=C21)C3. The Morgan fingerprint density at radius 2 is 2.00 bits per heavy atom. The van der Waals surface area contributed by atoms with E-state index >= 15 is 0 Å². The molecule has 0 spiro atoms. The fraction of sp³-hybridized carbons (Fsp3) is 0.500. The Kier molecular flexibility index (Phi) is 5.70. The molecule has 0 N–H and O–H groups in total. The third-order valence-corrected chi connectivity index (χ3v) is 4.57. The van der Waals surface area contributed by atoms with Gasteiger partial charge in [0.2, 0.25) is 0 Å². The maximum atomic E-state index is 10.7. The number of carbonyl (C=O) groups is 2. The summed E-state index contributed by atoms with van der Waals surface area (Å²) in [6, 6.07) is 0. The lowest BCUT2D eigenvalue weighted by Crippen LogP contribution is -1.99. The number of hydrogen-bond donors (Lipinski definition) is 0. The second-order valence-corrected chi connectivity index (χ2v) is 6.71. The molecule has 2 bridgehead atoms. The third-order valence-electron chi connectivity index (χ3n) is 4.57. The van der Waals surface area contributed by atoms with Gasteiger partial charge in [-0.1, -0.05) is 30.7 Å². The van der Waals surface area contributed by atoms with E-state index in [4.69, 9.17) is 0 Å². The molecular formula is C20H26O2. The van der Waals surface area contributed by atoms with Crippen LogP contribution in [-0.4, -0.2) is 12.6 Å². The van der Waals surface area contributed by atoms with E-state index in [1.54, 1.807) is 0 Å². The average Bonchev–Trinajstić information content (AvgIpc) is 3.20. The molecule has 1 saturated carbocycles. The van der Waals surface area contributed by atoms with Gasteiger partial charge in [-0.15, -0.1) is 0 Å². The van der Waals surface area contributed by atoms with E-state index < -0.39 is 0 Å². The maximum absolute atomic E-state index is 10.7. The Bertz CT molecular complexity index is 569. The van der Waals surface area contributed by atoms with Crippen LogP contribution < -0.4 is 0 Å². The summed E-state index contributed by atoms with van der Waals surface area (Å²) < 4.78 is 0. The van der Waals surface area contributed by atoms with Gasteiger partial charge in [0.15, 0.2) is 0 Å². The summed E-state index contributed by atoms with van der Waals surface area (Å²) in [5, 5.41) is 0. The standard InChI is InChI=1S/C11H10O.C9H16O/c12-6-9-3-4-10-7-1-2-8(5-7)11(9)10;1-8(2)5-4-6-9(3)7-10/h1-2,6,9H,3-5H2;5,7,9H,4,6H2,1-3H3. The highest BCUT2D eigenvalue weighted by molar-refractivity contribution is 5.72. The van der Waals surface area contributed by atoms with Gasteiger partial charge < -0.3 is 9.59 Å². The van der Waals surface area contributed by atoms with E-state index in [1.807, 2.05) is 6.92 Å². The average molecular weight is 298 g/mol. The molecule has 0 aliphatic heterocycles. The van der Waals surface area contributed by atoms with Crippen molar-refractivity contribution < 1.29 is 9.59 Å². The molecule has 2 nitrogen and oxygen atoms in total. The first-order chi connectivity index (χ1) is 10.6. The van der Waals surface area contributed by atoms with Crippen molar-refractivity contribution in [2.75, 3.05) is 0 Å². The van der Waals surface area contributed by atoms with Crippen LogP contribution in [0.3, 0.4) is 0 Å². The van der Waals surface area contributed by atoms with Gasteiger partial charge in [-0.3, -0.25) is 0 Å². The van der Waals surface area contributed by atoms with Crippen LogP contribution >= 0.6 is 0 Å². The van der Waals surface area contributed by atoms with Crippen molar-refractivity contribution in [3.63, 3.8) is 0 Å². The van der Waals surface area contributed by atoms with Crippen molar-refractivity contribution in [1.82, 2.24) is 0 Å². The quantitative estimate of drug-likeness (QED) is 0.543. The van der Waals surface area contributed by atoms with E-state index in [9.17, 15) is 9.59 Å². The van der Waals surface area contributed by atoms with Gasteiger partial charge in [-0.25, -0.2) is 0 Å². The van der Waals surface area contributed by atoms with Gasteiger partial charge in [0.05, 0.1) is 0 Å². The van der Waals surface area contributed by atoms with E-state index in [0.717, 1.165) is 44.7 Å². The van der Waals surface area contributed by atoms with Crippen LogP contribution in [0.2, 0.25) is 0 Å². The Morgan fingerprint density at radius 3 is 2.64 bits per heavy atom. The van der Waals surface area contributed by atoms with Gasteiger partial charge in [0, 0.05) is 11.8 Å². The number of rotatable bonds is 5. The monoisotopic (exact) mass is 298 g/mol. The zero-order chi connectivity index (χ0) is 16.1. The number of fused-ring (bicyclic) bond motifs is 3. The molecule has 3 rings (SSSR count). The fourth-order valence-electron chi connectivity index (χ4n) is 3.32. The molecule has 2 unspecified atom stereocenters. The Morgan fingerprint density at radius 1 is 1.27 bits per heavy atom. The number of carbonyl (C=O) groups excluding carboxylic acids is 2. The second kappa shape index (κ2) is 7.53. The minimum Gasteiger partial charge on any atom is -0.303 e. The summed E-state index contributed by atoms with van der Waals surface area (Å²) >= 11 is 0. The molecule has 0 radical (unpaired) electrons. The Labute approximate surface area is 133 Å². The van der Waals surface area contributed by atoms with E-state index in [0.29, 0.717) is 0 Å². The number of aldehydes is 2. The molecule has 3 aliphatic carbocycles. The molecular weight excluding hydrogens is 272 g/mol. The smallest absolute Gasteiger partial charge is 0.127 e. The van der Waals surface area contributed by atoms with Crippen molar-refractivity contribution in [3.8, 4) is 0 Å². The lowest BCUT2D eigenvalue weighted by molar-refractivity contribution is -0.111. The van der Waals surface area contributed by atoms with Gasteiger partial charge >= 0.3 is 0 Å². The second-order valence-electron chi connectivity index (χ2n) is 6.71. The van der Waals surface area contributed by atoms with Crippen molar-refractivity contribution >= 4 is 12.6 Å². The van der Waals surface area contributed by atoms with Crippen molar-refractivity contribution in [1.29, 1.82) is 0 Å². The van der Waals surface area contributed by atoms with Gasteiger partial charge in [0.25, 0.3) is 0 Å². The van der Waals surface area contributed by atoms with Crippen LogP contribution in [0.1, 0.15) is 52.9 Å². The first kappa shape index (κ1) is 16.7. The van der Waals surface area contributed by atoms with Crippen LogP contribution in [0.15, 0.2) is 46.1 Å². The highest BCUT2D eigenvalue weighted by Crippen LogP contribution is 2.49. The first-order valence-corrected chi connectivity index (χ1v) is 8.24. The van der Waals surface area contributed by atoms with Crippen LogP contribution in [-0.2, 0) is 9.59 Å². The molecule has 1 fully saturated rings. The predicted octanol–water partition coefficient (Wildman–Crippen LogP) is 4.73. The summed E-state index contributed by atoms with van der Waals surface area (Å²) in [6.45, 7) is 6.10. The summed E-state index contributed by atoms with van der Waals surface area (Å²) in [6.07, 6.45) is 14.0. The molecule has 0 aromatic carbocycles. The predicted molar refractivity (Wildman–Crippen MR) is 90.5 cm³/mol. The Hall–Kier alpha value is -1.70. The summed E-state index contributed by atoms with van der Waals surface area (Å²) in [4.78, 5) is 20.9. The molecule has 118 valence electrons.